The maximum atomic E-state index is 13.0. The number of hydrogen-bond donors (Lipinski definition) is 1. The molecule has 0 unspecified atom stereocenters. The van der Waals surface area contributed by atoms with Gasteiger partial charge >= 0.3 is 5.97 Å². The predicted octanol–water partition coefficient (Wildman–Crippen LogP) is 3.07. The van der Waals surface area contributed by atoms with Gasteiger partial charge in [-0.25, -0.2) is 9.37 Å². The third-order valence-corrected chi connectivity index (χ3v) is 5.47. The molecule has 0 bridgehead atoms. The zero-order valence-corrected chi connectivity index (χ0v) is 17.1. The molecule has 8 nitrogen and oxygen atoms in total. The maximum Gasteiger partial charge on any atom is 0.311 e. The van der Waals surface area contributed by atoms with E-state index in [0.717, 1.165) is 5.56 Å². The summed E-state index contributed by atoms with van der Waals surface area (Å²) in [7, 11) is 0. The predicted molar refractivity (Wildman–Crippen MR) is 109 cm³/mol. The molecule has 3 aromatic rings. The second-order valence-corrected chi connectivity index (χ2v) is 7.81. The first-order valence-corrected chi connectivity index (χ1v) is 10.3. The van der Waals surface area contributed by atoms with Gasteiger partial charge in [-0.15, -0.1) is 11.3 Å². The van der Waals surface area contributed by atoms with E-state index in [9.17, 15) is 18.8 Å². The third kappa shape index (κ3) is 5.15. The van der Waals surface area contributed by atoms with Crippen LogP contribution in [0.4, 0.5) is 9.52 Å². The highest BCUT2D eigenvalue weighted by atomic mass is 32.1. The number of aromatic nitrogens is 1. The van der Waals surface area contributed by atoms with E-state index in [4.69, 9.17) is 9.15 Å². The van der Waals surface area contributed by atoms with Gasteiger partial charge in [-0.3, -0.25) is 19.7 Å². The van der Waals surface area contributed by atoms with Crippen LogP contribution in [0.15, 0.2) is 52.5 Å². The molecule has 0 spiro atoms. The first kappa shape index (κ1) is 20.7. The lowest BCUT2D eigenvalue weighted by Crippen LogP contribution is -2.28. The number of rotatable bonds is 7. The minimum atomic E-state index is -0.625. The SMILES string of the molecule is O=C(COC(=O)[C@H]1CC(=O)N(Cc2ccco2)C1)Nc1nc(-c2ccc(F)cc2)cs1. The van der Waals surface area contributed by atoms with Gasteiger partial charge in [0.1, 0.15) is 11.6 Å². The molecule has 1 fully saturated rings. The highest BCUT2D eigenvalue weighted by Crippen LogP contribution is 2.25. The summed E-state index contributed by atoms with van der Waals surface area (Å²) in [6, 6.07) is 9.33. The first-order valence-electron chi connectivity index (χ1n) is 9.46. The van der Waals surface area contributed by atoms with Crippen LogP contribution in [-0.2, 0) is 25.7 Å². The van der Waals surface area contributed by atoms with Crippen LogP contribution < -0.4 is 5.32 Å². The highest BCUT2D eigenvalue weighted by Gasteiger charge is 2.35. The molecule has 1 aliphatic rings. The van der Waals surface area contributed by atoms with Gasteiger partial charge in [-0.05, 0) is 36.4 Å². The molecular formula is C21H18FN3O5S. The lowest BCUT2D eigenvalue weighted by atomic mass is 10.1. The molecule has 10 heteroatoms. The number of anilines is 1. The number of esters is 1. The normalized spacial score (nSPS) is 15.8. The van der Waals surface area contributed by atoms with Gasteiger partial charge in [-0.2, -0.15) is 0 Å². The van der Waals surface area contributed by atoms with Crippen LogP contribution in [0, 0.1) is 11.7 Å². The van der Waals surface area contributed by atoms with E-state index in [0.29, 0.717) is 16.6 Å². The Labute approximate surface area is 180 Å². The molecule has 0 aliphatic carbocycles. The standard InChI is InChI=1S/C21H18FN3O5S/c22-15-5-3-13(4-6-15)17-12-31-21(23-17)24-18(26)11-30-20(28)14-8-19(27)25(9-14)10-16-2-1-7-29-16/h1-7,12,14H,8-11H2,(H,23,24,26)/t14-/m0/s1. The zero-order valence-electron chi connectivity index (χ0n) is 16.2. The fourth-order valence-corrected chi connectivity index (χ4v) is 3.90. The Bertz CT molecular complexity index is 1080. The summed E-state index contributed by atoms with van der Waals surface area (Å²) >= 11 is 1.20. The van der Waals surface area contributed by atoms with Crippen molar-refractivity contribution < 1.29 is 27.9 Å². The molecule has 1 aromatic carbocycles. The van der Waals surface area contributed by atoms with Crippen molar-refractivity contribution in [1.82, 2.24) is 9.88 Å². The molecule has 1 saturated heterocycles. The number of carbonyl (C=O) groups excluding carboxylic acids is 3. The lowest BCUT2D eigenvalue weighted by Gasteiger charge is -2.14. The number of hydrogen-bond acceptors (Lipinski definition) is 7. The average molecular weight is 443 g/mol. The number of furan rings is 1. The van der Waals surface area contributed by atoms with Gasteiger partial charge in [0.2, 0.25) is 5.91 Å². The van der Waals surface area contributed by atoms with Gasteiger partial charge in [0.05, 0.1) is 24.4 Å². The first-order chi connectivity index (χ1) is 15.0. The number of thiazole rings is 1. The van der Waals surface area contributed by atoms with Crippen molar-refractivity contribution in [1.29, 1.82) is 0 Å². The monoisotopic (exact) mass is 443 g/mol. The Morgan fingerprint density at radius 1 is 1.29 bits per heavy atom. The second kappa shape index (κ2) is 9.09. The zero-order chi connectivity index (χ0) is 21.8. The Hall–Kier alpha value is -3.53. The number of benzene rings is 1. The molecular weight excluding hydrogens is 425 g/mol. The summed E-state index contributed by atoms with van der Waals surface area (Å²) < 4.78 is 23.3. The van der Waals surface area contributed by atoms with Crippen LogP contribution in [0.2, 0.25) is 0 Å². The number of nitrogens with zero attached hydrogens (tertiary/aromatic N) is 2. The van der Waals surface area contributed by atoms with Gasteiger partial charge in [-0.1, -0.05) is 0 Å². The Morgan fingerprint density at radius 2 is 2.10 bits per heavy atom. The van der Waals surface area contributed by atoms with Crippen molar-refractivity contribution in [3.8, 4) is 11.3 Å². The number of carbonyl (C=O) groups is 3. The van der Waals surface area contributed by atoms with Crippen molar-refractivity contribution >= 4 is 34.3 Å². The molecule has 0 radical (unpaired) electrons. The van der Waals surface area contributed by atoms with Crippen LogP contribution >= 0.6 is 11.3 Å². The van der Waals surface area contributed by atoms with E-state index in [-0.39, 0.29) is 31.2 Å². The Morgan fingerprint density at radius 3 is 2.84 bits per heavy atom. The van der Waals surface area contributed by atoms with E-state index in [1.54, 1.807) is 29.6 Å². The second-order valence-electron chi connectivity index (χ2n) is 6.96. The van der Waals surface area contributed by atoms with Crippen LogP contribution in [-0.4, -0.2) is 40.8 Å². The van der Waals surface area contributed by atoms with Crippen LogP contribution in [0.25, 0.3) is 11.3 Å². The molecule has 2 aromatic heterocycles. The van der Waals surface area contributed by atoms with Crippen molar-refractivity contribution in [3.63, 3.8) is 0 Å². The third-order valence-electron chi connectivity index (χ3n) is 4.71. The van der Waals surface area contributed by atoms with Crippen LogP contribution in [0.1, 0.15) is 12.2 Å². The number of nitrogens with one attached hydrogen (secondary N) is 1. The molecule has 2 amide bonds. The van der Waals surface area contributed by atoms with Crippen LogP contribution in [0.5, 0.6) is 0 Å². The molecule has 1 atom stereocenters. The van der Waals surface area contributed by atoms with E-state index in [1.165, 1.54) is 34.6 Å². The molecule has 0 saturated carbocycles. The summed E-state index contributed by atoms with van der Waals surface area (Å²) in [4.78, 5) is 42.3. The van der Waals surface area contributed by atoms with Gasteiger partial charge in [0.15, 0.2) is 11.7 Å². The van der Waals surface area contributed by atoms with E-state index < -0.39 is 24.4 Å². The largest absolute Gasteiger partial charge is 0.467 e. The fourth-order valence-electron chi connectivity index (χ4n) is 3.17. The Kier molecular flexibility index (Phi) is 6.08. The quantitative estimate of drug-likeness (QED) is 0.563. The topological polar surface area (TPSA) is 102 Å². The van der Waals surface area contributed by atoms with Crippen molar-refractivity contribution in [2.24, 2.45) is 5.92 Å². The molecule has 31 heavy (non-hydrogen) atoms. The van der Waals surface area contributed by atoms with Crippen molar-refractivity contribution in [2.75, 3.05) is 18.5 Å². The van der Waals surface area contributed by atoms with Crippen molar-refractivity contribution in [3.05, 3.63) is 59.6 Å². The van der Waals surface area contributed by atoms with Gasteiger partial charge in [0, 0.05) is 23.9 Å². The summed E-state index contributed by atoms with van der Waals surface area (Å²) in [5.74, 6) is -1.65. The molecule has 1 N–H and O–H groups in total. The molecule has 160 valence electrons. The summed E-state index contributed by atoms with van der Waals surface area (Å²) in [6.45, 7) is 0.0250. The molecule has 4 rings (SSSR count). The highest BCUT2D eigenvalue weighted by molar-refractivity contribution is 7.14. The maximum absolute atomic E-state index is 13.0. The number of ether oxygens (including phenoxy) is 1. The average Bonchev–Trinajstić information content (AvgIpc) is 3.50. The summed E-state index contributed by atoms with van der Waals surface area (Å²) in [5.41, 5.74) is 1.31. The molecule has 1 aliphatic heterocycles. The molecule has 3 heterocycles. The minimum Gasteiger partial charge on any atom is -0.467 e. The smallest absolute Gasteiger partial charge is 0.311 e. The summed E-state index contributed by atoms with van der Waals surface area (Å²) in [5, 5.41) is 4.63. The van der Waals surface area contributed by atoms with Crippen LogP contribution in [0.3, 0.4) is 0 Å². The summed E-state index contributed by atoms with van der Waals surface area (Å²) in [6.07, 6.45) is 1.56. The minimum absolute atomic E-state index is 0.0364. The number of amides is 2. The Balaban J connectivity index is 1.25. The number of halogens is 1. The van der Waals surface area contributed by atoms with E-state index in [1.807, 2.05) is 0 Å². The number of likely N-dealkylation sites (tertiary alicyclic amines) is 1. The lowest BCUT2D eigenvalue weighted by molar-refractivity contribution is -0.151. The van der Waals surface area contributed by atoms with Gasteiger partial charge in [0.25, 0.3) is 5.91 Å². The van der Waals surface area contributed by atoms with Crippen molar-refractivity contribution in [2.45, 2.75) is 13.0 Å². The van der Waals surface area contributed by atoms with Gasteiger partial charge < -0.3 is 14.1 Å². The van der Waals surface area contributed by atoms with E-state index >= 15 is 0 Å². The van der Waals surface area contributed by atoms with E-state index in [2.05, 4.69) is 10.3 Å². The fraction of sp³-hybridized carbons (Fsp3) is 0.238.